The Kier molecular flexibility index (Phi) is 7.14. The minimum Gasteiger partial charge on any atom is -0.370 e. The van der Waals surface area contributed by atoms with E-state index in [2.05, 4.69) is 30.8 Å². The number of rotatable bonds is 9. The number of nitrogens with two attached hydrogens (primary N) is 1. The van der Waals surface area contributed by atoms with Gasteiger partial charge in [0.25, 0.3) is 0 Å². The van der Waals surface area contributed by atoms with Gasteiger partial charge in [-0.05, 0) is 25.2 Å². The monoisotopic (exact) mass is 253 g/mol. The quantitative estimate of drug-likeness (QED) is 0.389. The van der Waals surface area contributed by atoms with Gasteiger partial charge in [-0.1, -0.05) is 46.0 Å². The fourth-order valence-electron chi connectivity index (χ4n) is 2.20. The van der Waals surface area contributed by atoms with Crippen LogP contribution in [0.25, 0.3) is 0 Å². The normalized spacial score (nSPS) is 17.8. The van der Waals surface area contributed by atoms with Crippen molar-refractivity contribution in [1.82, 2.24) is 4.90 Å². The van der Waals surface area contributed by atoms with E-state index in [0.717, 1.165) is 12.5 Å². The maximum Gasteiger partial charge on any atom is 0.191 e. The van der Waals surface area contributed by atoms with Gasteiger partial charge >= 0.3 is 0 Å². The van der Waals surface area contributed by atoms with Crippen LogP contribution < -0.4 is 5.73 Å². The molecule has 18 heavy (non-hydrogen) atoms. The van der Waals surface area contributed by atoms with E-state index in [1.807, 2.05) is 0 Å². The van der Waals surface area contributed by atoms with Gasteiger partial charge in [0.05, 0.1) is 0 Å². The van der Waals surface area contributed by atoms with Crippen molar-refractivity contribution >= 4 is 5.96 Å². The second-order valence-corrected chi connectivity index (χ2v) is 5.85. The molecule has 106 valence electrons. The van der Waals surface area contributed by atoms with Crippen molar-refractivity contribution < 1.29 is 0 Å². The Bertz CT molecular complexity index is 246. The lowest BCUT2D eigenvalue weighted by Crippen LogP contribution is -2.36. The van der Waals surface area contributed by atoms with Crippen LogP contribution in [0.3, 0.4) is 0 Å². The minimum atomic E-state index is 0.665. The van der Waals surface area contributed by atoms with E-state index in [-0.39, 0.29) is 0 Å². The predicted octanol–water partition coefficient (Wildman–Crippen LogP) is 3.39. The first kappa shape index (κ1) is 15.3. The molecule has 0 aromatic rings. The highest BCUT2D eigenvalue weighted by molar-refractivity contribution is 5.78. The summed E-state index contributed by atoms with van der Waals surface area (Å²) in [5.74, 6) is 1.40. The highest BCUT2D eigenvalue weighted by Crippen LogP contribution is 2.24. The average Bonchev–Trinajstić information content (AvgIpc) is 3.19. The van der Waals surface area contributed by atoms with Crippen LogP contribution >= 0.6 is 0 Å². The molecular formula is C15H31N3. The number of guanidine groups is 1. The first-order valence-electron chi connectivity index (χ1n) is 7.67. The topological polar surface area (TPSA) is 41.6 Å². The zero-order valence-electron chi connectivity index (χ0n) is 12.5. The molecular weight excluding hydrogens is 222 g/mol. The molecule has 1 aliphatic rings. The molecule has 0 aromatic carbocycles. The Balaban J connectivity index is 2.07. The van der Waals surface area contributed by atoms with Crippen molar-refractivity contribution in [2.75, 3.05) is 13.6 Å². The molecule has 2 N–H and O–H groups in total. The first-order chi connectivity index (χ1) is 8.65. The summed E-state index contributed by atoms with van der Waals surface area (Å²) in [6, 6.07) is 0.665. The maximum atomic E-state index is 5.98. The average molecular weight is 253 g/mol. The lowest BCUT2D eigenvalue weighted by atomic mass is 10.0. The Morgan fingerprint density at radius 2 is 1.94 bits per heavy atom. The molecule has 1 aliphatic carbocycles. The Hall–Kier alpha value is -0.730. The predicted molar refractivity (Wildman–Crippen MR) is 79.8 cm³/mol. The summed E-state index contributed by atoms with van der Waals surface area (Å²) in [6.07, 6.45) is 10.6. The molecule has 0 radical (unpaired) electrons. The second-order valence-electron chi connectivity index (χ2n) is 5.85. The van der Waals surface area contributed by atoms with Crippen LogP contribution in [0, 0.1) is 5.92 Å². The van der Waals surface area contributed by atoms with Gasteiger partial charge in [-0.3, -0.25) is 4.99 Å². The van der Waals surface area contributed by atoms with Gasteiger partial charge < -0.3 is 10.6 Å². The third kappa shape index (κ3) is 6.27. The Labute approximate surface area is 113 Å². The molecule has 0 aromatic heterocycles. The lowest BCUT2D eigenvalue weighted by molar-refractivity contribution is 0.469. The van der Waals surface area contributed by atoms with Gasteiger partial charge in [-0.2, -0.15) is 0 Å². The summed E-state index contributed by atoms with van der Waals surface area (Å²) in [6.45, 7) is 5.43. The molecule has 0 saturated heterocycles. The molecule has 1 fully saturated rings. The van der Waals surface area contributed by atoms with Crippen LogP contribution in [0.15, 0.2) is 4.99 Å². The number of nitrogens with zero attached hydrogens (tertiary/aromatic N) is 2. The smallest absolute Gasteiger partial charge is 0.191 e. The van der Waals surface area contributed by atoms with Crippen LogP contribution in [-0.2, 0) is 0 Å². The van der Waals surface area contributed by atoms with Crippen molar-refractivity contribution in [3.05, 3.63) is 0 Å². The van der Waals surface area contributed by atoms with E-state index in [0.29, 0.717) is 12.0 Å². The number of unbranched alkanes of at least 4 members (excludes halogenated alkanes) is 4. The minimum absolute atomic E-state index is 0.665. The van der Waals surface area contributed by atoms with Gasteiger partial charge in [-0.15, -0.1) is 0 Å². The zero-order valence-corrected chi connectivity index (χ0v) is 12.5. The van der Waals surface area contributed by atoms with Crippen LogP contribution in [-0.4, -0.2) is 30.5 Å². The number of hydrogen-bond donors (Lipinski definition) is 1. The molecule has 0 aliphatic heterocycles. The third-order valence-corrected chi connectivity index (χ3v) is 3.82. The summed E-state index contributed by atoms with van der Waals surface area (Å²) in [5, 5.41) is 0. The molecule has 0 spiro atoms. The van der Waals surface area contributed by atoms with Gasteiger partial charge in [0.15, 0.2) is 5.96 Å². The molecule has 0 amide bonds. The van der Waals surface area contributed by atoms with Gasteiger partial charge in [0.1, 0.15) is 0 Å². The van der Waals surface area contributed by atoms with Crippen molar-refractivity contribution in [3.63, 3.8) is 0 Å². The van der Waals surface area contributed by atoms with E-state index >= 15 is 0 Å². The number of aliphatic imine (C=N–C) groups is 1. The van der Waals surface area contributed by atoms with E-state index in [9.17, 15) is 0 Å². The molecule has 0 bridgehead atoms. The van der Waals surface area contributed by atoms with E-state index in [4.69, 9.17) is 5.73 Å². The van der Waals surface area contributed by atoms with Crippen molar-refractivity contribution in [3.8, 4) is 0 Å². The summed E-state index contributed by atoms with van der Waals surface area (Å²) < 4.78 is 0. The van der Waals surface area contributed by atoms with Crippen molar-refractivity contribution in [1.29, 1.82) is 0 Å². The largest absolute Gasteiger partial charge is 0.370 e. The van der Waals surface area contributed by atoms with Crippen LogP contribution in [0.2, 0.25) is 0 Å². The molecule has 0 heterocycles. The first-order valence-corrected chi connectivity index (χ1v) is 7.67. The second kappa shape index (κ2) is 8.39. The molecule has 1 saturated carbocycles. The zero-order chi connectivity index (χ0) is 13.4. The fraction of sp³-hybridized carbons (Fsp3) is 0.933. The Morgan fingerprint density at radius 3 is 2.56 bits per heavy atom. The maximum absolute atomic E-state index is 5.98. The standard InChI is InChI=1S/C15H31N3/c1-4-5-6-7-8-9-13(2)12-17-15(16)18(3)14-10-11-14/h13-14H,4-12H2,1-3H3,(H2,16,17). The third-order valence-electron chi connectivity index (χ3n) is 3.82. The lowest BCUT2D eigenvalue weighted by Gasteiger charge is -2.17. The van der Waals surface area contributed by atoms with E-state index < -0.39 is 0 Å². The molecule has 3 nitrogen and oxygen atoms in total. The molecule has 1 unspecified atom stereocenters. The van der Waals surface area contributed by atoms with Gasteiger partial charge in [0.2, 0.25) is 0 Å². The van der Waals surface area contributed by atoms with E-state index in [1.54, 1.807) is 0 Å². The van der Waals surface area contributed by atoms with Crippen LogP contribution in [0.5, 0.6) is 0 Å². The van der Waals surface area contributed by atoms with E-state index in [1.165, 1.54) is 51.4 Å². The summed E-state index contributed by atoms with van der Waals surface area (Å²) in [4.78, 5) is 6.65. The SMILES string of the molecule is CCCCCCCC(C)CN=C(N)N(C)C1CC1. The number of hydrogen-bond acceptors (Lipinski definition) is 1. The highest BCUT2D eigenvalue weighted by atomic mass is 15.3. The van der Waals surface area contributed by atoms with Gasteiger partial charge in [0, 0.05) is 19.6 Å². The molecule has 3 heteroatoms. The molecule has 1 rings (SSSR count). The summed E-state index contributed by atoms with van der Waals surface area (Å²) in [5.41, 5.74) is 5.98. The summed E-state index contributed by atoms with van der Waals surface area (Å²) >= 11 is 0. The summed E-state index contributed by atoms with van der Waals surface area (Å²) in [7, 11) is 2.06. The van der Waals surface area contributed by atoms with Crippen molar-refractivity contribution in [2.24, 2.45) is 16.6 Å². The molecule has 1 atom stereocenters. The van der Waals surface area contributed by atoms with Crippen LogP contribution in [0.4, 0.5) is 0 Å². The fourth-order valence-corrected chi connectivity index (χ4v) is 2.20. The Morgan fingerprint density at radius 1 is 1.28 bits per heavy atom. The van der Waals surface area contributed by atoms with Crippen molar-refractivity contribution in [2.45, 2.75) is 71.3 Å². The van der Waals surface area contributed by atoms with Crippen LogP contribution in [0.1, 0.15) is 65.2 Å². The van der Waals surface area contributed by atoms with Gasteiger partial charge in [-0.25, -0.2) is 0 Å². The highest BCUT2D eigenvalue weighted by Gasteiger charge is 2.27.